The second-order valence-corrected chi connectivity index (χ2v) is 5.67. The standard InChI is InChI=1S/C17H27NO2/c1-4-13-5-7-15(8-6-13)20-17-10-9-16(19-3)11-14(17)12-18-2/h9-11,13,15,18H,4-8,12H2,1-3H3. The maximum absolute atomic E-state index is 6.24. The first-order chi connectivity index (χ1) is 9.76. The van der Waals surface area contributed by atoms with Gasteiger partial charge in [0, 0.05) is 12.1 Å². The summed E-state index contributed by atoms with van der Waals surface area (Å²) in [5.41, 5.74) is 1.17. The van der Waals surface area contributed by atoms with E-state index < -0.39 is 0 Å². The number of benzene rings is 1. The molecular weight excluding hydrogens is 250 g/mol. The Morgan fingerprint density at radius 3 is 2.55 bits per heavy atom. The van der Waals surface area contributed by atoms with E-state index in [0.717, 1.165) is 24.0 Å². The Balaban J connectivity index is 2.01. The Morgan fingerprint density at radius 1 is 1.20 bits per heavy atom. The third-order valence-electron chi connectivity index (χ3n) is 4.30. The predicted octanol–water partition coefficient (Wildman–Crippen LogP) is 3.76. The summed E-state index contributed by atoms with van der Waals surface area (Å²) in [5, 5.41) is 3.19. The van der Waals surface area contributed by atoms with Crippen LogP contribution in [0.5, 0.6) is 11.5 Å². The monoisotopic (exact) mass is 277 g/mol. The normalized spacial score (nSPS) is 22.6. The summed E-state index contributed by atoms with van der Waals surface area (Å²) in [6.07, 6.45) is 6.66. The third kappa shape index (κ3) is 3.89. The first-order valence-electron chi connectivity index (χ1n) is 7.75. The van der Waals surface area contributed by atoms with Crippen LogP contribution in [0.15, 0.2) is 18.2 Å². The van der Waals surface area contributed by atoms with Crippen LogP contribution in [0.4, 0.5) is 0 Å². The Kier molecular flexibility index (Phi) is 5.72. The van der Waals surface area contributed by atoms with Gasteiger partial charge in [0.1, 0.15) is 11.5 Å². The lowest BCUT2D eigenvalue weighted by atomic mass is 9.86. The van der Waals surface area contributed by atoms with Crippen LogP contribution in [0.1, 0.15) is 44.6 Å². The molecule has 20 heavy (non-hydrogen) atoms. The highest BCUT2D eigenvalue weighted by atomic mass is 16.5. The second kappa shape index (κ2) is 7.53. The molecule has 1 aliphatic carbocycles. The fourth-order valence-corrected chi connectivity index (χ4v) is 2.96. The number of nitrogens with one attached hydrogen (secondary N) is 1. The molecule has 1 aromatic carbocycles. The molecule has 1 aliphatic rings. The van der Waals surface area contributed by atoms with Gasteiger partial charge >= 0.3 is 0 Å². The minimum atomic E-state index is 0.377. The number of ether oxygens (including phenoxy) is 2. The van der Waals surface area contributed by atoms with Gasteiger partial charge in [0.15, 0.2) is 0 Å². The van der Waals surface area contributed by atoms with Gasteiger partial charge < -0.3 is 14.8 Å². The van der Waals surface area contributed by atoms with E-state index in [-0.39, 0.29) is 0 Å². The van der Waals surface area contributed by atoms with Crippen molar-refractivity contribution in [3.8, 4) is 11.5 Å². The molecule has 112 valence electrons. The molecule has 3 nitrogen and oxygen atoms in total. The number of methoxy groups -OCH3 is 1. The molecule has 2 rings (SSSR count). The highest BCUT2D eigenvalue weighted by molar-refractivity contribution is 5.40. The van der Waals surface area contributed by atoms with E-state index in [9.17, 15) is 0 Å². The number of rotatable bonds is 6. The van der Waals surface area contributed by atoms with Gasteiger partial charge in [-0.2, -0.15) is 0 Å². The average molecular weight is 277 g/mol. The maximum Gasteiger partial charge on any atom is 0.124 e. The van der Waals surface area contributed by atoms with Crippen molar-refractivity contribution < 1.29 is 9.47 Å². The van der Waals surface area contributed by atoms with Crippen molar-refractivity contribution in [1.82, 2.24) is 5.32 Å². The number of hydrogen-bond acceptors (Lipinski definition) is 3. The smallest absolute Gasteiger partial charge is 0.124 e. The van der Waals surface area contributed by atoms with E-state index in [4.69, 9.17) is 9.47 Å². The second-order valence-electron chi connectivity index (χ2n) is 5.67. The van der Waals surface area contributed by atoms with Gasteiger partial charge in [-0.3, -0.25) is 0 Å². The van der Waals surface area contributed by atoms with E-state index in [0.29, 0.717) is 6.10 Å². The van der Waals surface area contributed by atoms with Gasteiger partial charge in [-0.1, -0.05) is 13.3 Å². The molecule has 0 spiro atoms. The lowest BCUT2D eigenvalue weighted by Crippen LogP contribution is -2.24. The van der Waals surface area contributed by atoms with E-state index in [1.807, 2.05) is 19.2 Å². The summed E-state index contributed by atoms with van der Waals surface area (Å²) in [5.74, 6) is 2.79. The summed E-state index contributed by atoms with van der Waals surface area (Å²) in [7, 11) is 3.65. The Morgan fingerprint density at radius 2 is 1.95 bits per heavy atom. The molecule has 1 aromatic rings. The van der Waals surface area contributed by atoms with Crippen LogP contribution in [0, 0.1) is 5.92 Å². The highest BCUT2D eigenvalue weighted by Gasteiger charge is 2.22. The largest absolute Gasteiger partial charge is 0.497 e. The minimum Gasteiger partial charge on any atom is -0.497 e. The first kappa shape index (κ1) is 15.2. The molecule has 0 aliphatic heterocycles. The maximum atomic E-state index is 6.24. The molecule has 0 bridgehead atoms. The predicted molar refractivity (Wildman–Crippen MR) is 82.4 cm³/mol. The van der Waals surface area contributed by atoms with Crippen LogP contribution in [0.3, 0.4) is 0 Å². The van der Waals surface area contributed by atoms with Gasteiger partial charge in [-0.05, 0) is 56.8 Å². The molecule has 0 atom stereocenters. The fraction of sp³-hybridized carbons (Fsp3) is 0.647. The topological polar surface area (TPSA) is 30.5 Å². The van der Waals surface area contributed by atoms with Crippen molar-refractivity contribution >= 4 is 0 Å². The summed E-state index contributed by atoms with van der Waals surface area (Å²) >= 11 is 0. The van der Waals surface area contributed by atoms with Crippen LogP contribution in [-0.2, 0) is 6.54 Å². The van der Waals surface area contributed by atoms with E-state index in [1.165, 1.54) is 37.7 Å². The third-order valence-corrected chi connectivity index (χ3v) is 4.30. The number of hydrogen-bond donors (Lipinski definition) is 1. The SMILES string of the molecule is CCC1CCC(Oc2ccc(OC)cc2CNC)CC1. The van der Waals surface area contributed by atoms with Crippen LogP contribution in [0.2, 0.25) is 0 Å². The summed E-state index contributed by atoms with van der Waals surface area (Å²) in [6.45, 7) is 3.09. The van der Waals surface area contributed by atoms with E-state index >= 15 is 0 Å². The van der Waals surface area contributed by atoms with Crippen molar-refractivity contribution in [2.24, 2.45) is 5.92 Å². The van der Waals surface area contributed by atoms with Gasteiger partial charge in [-0.15, -0.1) is 0 Å². The zero-order valence-electron chi connectivity index (χ0n) is 12.9. The van der Waals surface area contributed by atoms with Crippen molar-refractivity contribution in [3.05, 3.63) is 23.8 Å². The zero-order valence-corrected chi connectivity index (χ0v) is 12.9. The Bertz CT molecular complexity index is 411. The quantitative estimate of drug-likeness (QED) is 0.858. The van der Waals surface area contributed by atoms with Crippen molar-refractivity contribution in [1.29, 1.82) is 0 Å². The van der Waals surface area contributed by atoms with Gasteiger partial charge in [0.2, 0.25) is 0 Å². The molecule has 1 N–H and O–H groups in total. The van der Waals surface area contributed by atoms with Crippen molar-refractivity contribution in [2.45, 2.75) is 51.7 Å². The summed E-state index contributed by atoms with van der Waals surface area (Å²) in [6, 6.07) is 6.08. The molecule has 1 saturated carbocycles. The molecule has 0 radical (unpaired) electrons. The Labute approximate surface area is 122 Å². The molecule has 0 heterocycles. The summed E-state index contributed by atoms with van der Waals surface area (Å²) in [4.78, 5) is 0. The van der Waals surface area contributed by atoms with Crippen LogP contribution >= 0.6 is 0 Å². The van der Waals surface area contributed by atoms with Crippen molar-refractivity contribution in [3.63, 3.8) is 0 Å². The molecule has 0 aromatic heterocycles. The van der Waals surface area contributed by atoms with Crippen LogP contribution in [-0.4, -0.2) is 20.3 Å². The average Bonchev–Trinajstić information content (AvgIpc) is 2.50. The van der Waals surface area contributed by atoms with Crippen molar-refractivity contribution in [2.75, 3.05) is 14.2 Å². The van der Waals surface area contributed by atoms with Crippen LogP contribution in [0.25, 0.3) is 0 Å². The van der Waals surface area contributed by atoms with Gasteiger partial charge in [-0.25, -0.2) is 0 Å². The lowest BCUT2D eigenvalue weighted by Gasteiger charge is -2.29. The highest BCUT2D eigenvalue weighted by Crippen LogP contribution is 2.31. The van der Waals surface area contributed by atoms with Gasteiger partial charge in [0.25, 0.3) is 0 Å². The molecule has 1 fully saturated rings. The first-order valence-corrected chi connectivity index (χ1v) is 7.75. The fourth-order valence-electron chi connectivity index (χ4n) is 2.96. The van der Waals surface area contributed by atoms with E-state index in [1.54, 1.807) is 7.11 Å². The summed E-state index contributed by atoms with van der Waals surface area (Å²) < 4.78 is 11.5. The molecular formula is C17H27NO2. The zero-order chi connectivity index (χ0) is 14.4. The minimum absolute atomic E-state index is 0.377. The molecule has 0 amide bonds. The lowest BCUT2D eigenvalue weighted by molar-refractivity contribution is 0.128. The Hall–Kier alpha value is -1.22. The van der Waals surface area contributed by atoms with E-state index in [2.05, 4.69) is 18.3 Å². The van der Waals surface area contributed by atoms with Gasteiger partial charge in [0.05, 0.1) is 13.2 Å². The van der Waals surface area contributed by atoms with Crippen LogP contribution < -0.4 is 14.8 Å². The molecule has 3 heteroatoms. The molecule has 0 saturated heterocycles. The molecule has 0 unspecified atom stereocenters.